The van der Waals surface area contributed by atoms with Crippen LogP contribution in [-0.4, -0.2) is 37.6 Å². The molecule has 5 nitrogen and oxygen atoms in total. The standard InChI is InChI=1S/C24H34N2O2.C10H12O.C2H2/c1-5-9-21(6-2)25-16-17-28-23-14-12-20(13-15-23)19-26(7-3)22-10-8-11-24(18-22)27-4;11-10-6-5-8-3-1-2-4-9(8)7-10;1-2/h8,10-15,18H,5-7,9,16-17,19H2,1-4H3;5-7,11H,1-4H2;1-2H. The number of aryl methyl sites for hydroxylation is 2. The molecule has 0 radical (unpaired) electrons. The fourth-order valence-corrected chi connectivity index (χ4v) is 4.85. The maximum absolute atomic E-state index is 9.19. The lowest BCUT2D eigenvalue weighted by Crippen LogP contribution is -2.21. The minimum absolute atomic E-state index is 0.408. The van der Waals surface area contributed by atoms with E-state index in [-0.39, 0.29) is 0 Å². The number of fused-ring (bicyclic) bond motifs is 1. The lowest BCUT2D eigenvalue weighted by Gasteiger charge is -2.23. The van der Waals surface area contributed by atoms with Crippen LogP contribution in [0.5, 0.6) is 17.2 Å². The Morgan fingerprint density at radius 3 is 2.29 bits per heavy atom. The van der Waals surface area contributed by atoms with Gasteiger partial charge in [-0.2, -0.15) is 0 Å². The minimum Gasteiger partial charge on any atom is -0.508 e. The van der Waals surface area contributed by atoms with Crippen LogP contribution >= 0.6 is 0 Å². The maximum Gasteiger partial charge on any atom is 0.120 e. The number of hydrogen-bond acceptors (Lipinski definition) is 5. The van der Waals surface area contributed by atoms with Gasteiger partial charge in [-0.05, 0) is 98.5 Å². The molecular weight excluding hydrogens is 508 g/mol. The summed E-state index contributed by atoms with van der Waals surface area (Å²) in [6, 6.07) is 22.3. The number of nitrogens with zero attached hydrogens (tertiary/aromatic N) is 2. The van der Waals surface area contributed by atoms with Gasteiger partial charge in [0, 0.05) is 30.6 Å². The van der Waals surface area contributed by atoms with E-state index in [1.54, 1.807) is 13.2 Å². The van der Waals surface area contributed by atoms with Crippen LogP contribution in [0.1, 0.15) is 69.6 Å². The Bertz CT molecular complexity index is 1200. The van der Waals surface area contributed by atoms with Gasteiger partial charge >= 0.3 is 0 Å². The predicted octanol–water partition coefficient (Wildman–Crippen LogP) is 8.27. The summed E-state index contributed by atoms with van der Waals surface area (Å²) in [7, 11) is 1.70. The maximum atomic E-state index is 9.19. The van der Waals surface area contributed by atoms with E-state index in [0.717, 1.165) is 56.8 Å². The molecule has 0 aromatic heterocycles. The van der Waals surface area contributed by atoms with Crippen molar-refractivity contribution >= 4 is 11.4 Å². The highest BCUT2D eigenvalue weighted by Gasteiger charge is 2.09. The van der Waals surface area contributed by atoms with E-state index in [1.807, 2.05) is 36.4 Å². The molecule has 0 aliphatic heterocycles. The lowest BCUT2D eigenvalue weighted by molar-refractivity contribution is 0.328. The second-order valence-corrected chi connectivity index (χ2v) is 9.92. The minimum atomic E-state index is 0.408. The number of methoxy groups -OCH3 is 1. The number of anilines is 1. The molecule has 3 aromatic carbocycles. The number of benzene rings is 3. The number of terminal acetylenes is 1. The number of hydrogen-bond donors (Lipinski definition) is 1. The van der Waals surface area contributed by atoms with Crippen molar-refractivity contribution in [1.82, 2.24) is 0 Å². The van der Waals surface area contributed by atoms with Gasteiger partial charge < -0.3 is 19.5 Å². The molecule has 0 amide bonds. The van der Waals surface area contributed by atoms with Crippen molar-refractivity contribution in [3.8, 4) is 30.1 Å². The smallest absolute Gasteiger partial charge is 0.120 e. The van der Waals surface area contributed by atoms with Crippen molar-refractivity contribution in [2.24, 2.45) is 4.99 Å². The Labute approximate surface area is 248 Å². The summed E-state index contributed by atoms with van der Waals surface area (Å²) >= 11 is 0. The van der Waals surface area contributed by atoms with Crippen molar-refractivity contribution in [3.63, 3.8) is 0 Å². The summed E-state index contributed by atoms with van der Waals surface area (Å²) in [5, 5.41) is 9.19. The van der Waals surface area contributed by atoms with Crippen molar-refractivity contribution in [2.45, 2.75) is 72.3 Å². The summed E-state index contributed by atoms with van der Waals surface area (Å²) in [4.78, 5) is 6.96. The topological polar surface area (TPSA) is 54.3 Å². The Balaban J connectivity index is 0.000000372. The third-order valence-electron chi connectivity index (χ3n) is 7.07. The first kappa shape index (κ1) is 33.3. The fourth-order valence-electron chi connectivity index (χ4n) is 4.85. The zero-order chi connectivity index (χ0) is 29.9. The number of phenolic OH excluding ortho intramolecular Hbond substituents is 1. The first-order valence-corrected chi connectivity index (χ1v) is 14.8. The number of aliphatic imine (C=N–C) groups is 1. The summed E-state index contributed by atoms with van der Waals surface area (Å²) in [6.45, 7) is 9.66. The van der Waals surface area contributed by atoms with Gasteiger partial charge in [0.05, 0.1) is 13.7 Å². The van der Waals surface area contributed by atoms with Crippen LogP contribution in [0.3, 0.4) is 0 Å². The molecule has 0 atom stereocenters. The van der Waals surface area contributed by atoms with Crippen molar-refractivity contribution in [2.75, 3.05) is 31.7 Å². The van der Waals surface area contributed by atoms with Crippen LogP contribution in [0.25, 0.3) is 0 Å². The molecule has 1 aliphatic rings. The van der Waals surface area contributed by atoms with Crippen molar-refractivity contribution < 1.29 is 14.6 Å². The molecule has 1 aliphatic carbocycles. The third-order valence-corrected chi connectivity index (χ3v) is 7.07. The van der Waals surface area contributed by atoms with Crippen molar-refractivity contribution in [3.05, 3.63) is 83.4 Å². The Morgan fingerprint density at radius 1 is 0.902 bits per heavy atom. The molecule has 0 fully saturated rings. The molecule has 0 saturated heterocycles. The zero-order valence-electron chi connectivity index (χ0n) is 25.4. The second-order valence-electron chi connectivity index (χ2n) is 9.92. The van der Waals surface area contributed by atoms with Gasteiger partial charge in [-0.1, -0.05) is 44.5 Å². The molecule has 0 spiro atoms. The second kappa shape index (κ2) is 19.2. The van der Waals surface area contributed by atoms with E-state index >= 15 is 0 Å². The van der Waals surface area contributed by atoms with E-state index < -0.39 is 0 Å². The molecule has 0 heterocycles. The van der Waals surface area contributed by atoms with Gasteiger partial charge in [0.25, 0.3) is 0 Å². The van der Waals surface area contributed by atoms with Crippen LogP contribution < -0.4 is 14.4 Å². The van der Waals surface area contributed by atoms with Gasteiger partial charge in [0.15, 0.2) is 0 Å². The molecule has 1 N–H and O–H groups in total. The monoisotopic (exact) mass is 556 g/mol. The van der Waals surface area contributed by atoms with Gasteiger partial charge in [-0.25, -0.2) is 0 Å². The lowest BCUT2D eigenvalue weighted by atomic mass is 9.92. The van der Waals surface area contributed by atoms with Crippen LogP contribution in [0.15, 0.2) is 71.7 Å². The highest BCUT2D eigenvalue weighted by Crippen LogP contribution is 2.25. The van der Waals surface area contributed by atoms with Gasteiger partial charge in [-0.15, -0.1) is 12.8 Å². The highest BCUT2D eigenvalue weighted by molar-refractivity contribution is 5.84. The molecule has 4 rings (SSSR count). The largest absolute Gasteiger partial charge is 0.508 e. The predicted molar refractivity (Wildman–Crippen MR) is 174 cm³/mol. The zero-order valence-corrected chi connectivity index (χ0v) is 25.4. The van der Waals surface area contributed by atoms with E-state index in [4.69, 9.17) is 9.47 Å². The summed E-state index contributed by atoms with van der Waals surface area (Å²) < 4.78 is 11.2. The summed E-state index contributed by atoms with van der Waals surface area (Å²) in [5.74, 6) is 2.19. The SMILES string of the molecule is C#C.CCCC(CC)=NCCOc1ccc(CN(CC)c2cccc(OC)c2)cc1.Oc1ccc2c(c1)CCCC2. The molecule has 0 unspecified atom stereocenters. The first-order chi connectivity index (χ1) is 20.1. The molecule has 3 aromatic rings. The number of phenols is 1. The Hall–Kier alpha value is -3.91. The number of aromatic hydroxyl groups is 1. The molecule has 220 valence electrons. The summed E-state index contributed by atoms with van der Waals surface area (Å²) in [5.41, 5.74) is 6.48. The van der Waals surface area contributed by atoms with Gasteiger partial charge in [0.1, 0.15) is 23.9 Å². The van der Waals surface area contributed by atoms with Gasteiger partial charge in [0.2, 0.25) is 0 Å². The number of rotatable bonds is 12. The quantitative estimate of drug-likeness (QED) is 0.139. The Kier molecular flexibility index (Phi) is 15.6. The average molecular weight is 557 g/mol. The fraction of sp³-hybridized carbons (Fsp3) is 0.417. The van der Waals surface area contributed by atoms with Crippen LogP contribution in [0.4, 0.5) is 5.69 Å². The Morgan fingerprint density at radius 2 is 1.63 bits per heavy atom. The van der Waals surface area contributed by atoms with Crippen molar-refractivity contribution in [1.29, 1.82) is 0 Å². The summed E-state index contributed by atoms with van der Waals surface area (Å²) in [6.07, 6.45) is 16.2. The molecular formula is C36H48N2O3. The van der Waals surface area contributed by atoms with E-state index in [0.29, 0.717) is 12.4 Å². The highest BCUT2D eigenvalue weighted by atomic mass is 16.5. The van der Waals surface area contributed by atoms with Crippen LogP contribution in [0, 0.1) is 12.8 Å². The molecule has 41 heavy (non-hydrogen) atoms. The first-order valence-electron chi connectivity index (χ1n) is 14.8. The van der Waals surface area contributed by atoms with Gasteiger partial charge in [-0.3, -0.25) is 4.99 Å². The molecule has 0 bridgehead atoms. The van der Waals surface area contributed by atoms with E-state index in [2.05, 4.69) is 67.8 Å². The molecule has 5 heteroatoms. The molecule has 0 saturated carbocycles. The average Bonchev–Trinajstić information content (AvgIpc) is 3.03. The normalized spacial score (nSPS) is 12.1. The number of ether oxygens (including phenoxy) is 2. The van der Waals surface area contributed by atoms with Crippen LogP contribution in [-0.2, 0) is 19.4 Å². The van der Waals surface area contributed by atoms with E-state index in [9.17, 15) is 5.11 Å². The van der Waals surface area contributed by atoms with Crippen LogP contribution in [0.2, 0.25) is 0 Å². The van der Waals surface area contributed by atoms with E-state index in [1.165, 1.54) is 47.4 Å². The third kappa shape index (κ3) is 11.6.